The molecule has 1 N–H and O–H groups in total. The highest BCUT2D eigenvalue weighted by Gasteiger charge is 2.24. The Hall–Kier alpha value is -2.31. The van der Waals surface area contributed by atoms with Crippen LogP contribution in [-0.2, 0) is 4.79 Å². The standard InChI is InChI=1S/C14H18N2O5/c1-3-4-9(2)14(17)15-10-7-12-13(21-6-5-20-12)8-11(10)16(18)19/h7-9H,3-6H2,1-2H3,(H,15,17). The highest BCUT2D eigenvalue weighted by atomic mass is 16.6. The summed E-state index contributed by atoms with van der Waals surface area (Å²) in [6, 6.07) is 2.73. The first-order valence-corrected chi connectivity index (χ1v) is 6.91. The van der Waals surface area contributed by atoms with E-state index in [2.05, 4.69) is 5.32 Å². The van der Waals surface area contributed by atoms with Crippen LogP contribution in [0.5, 0.6) is 11.5 Å². The van der Waals surface area contributed by atoms with Gasteiger partial charge in [-0.05, 0) is 6.42 Å². The second-order valence-corrected chi connectivity index (χ2v) is 4.95. The van der Waals surface area contributed by atoms with E-state index in [1.165, 1.54) is 12.1 Å². The number of fused-ring (bicyclic) bond motifs is 1. The predicted octanol–water partition coefficient (Wildman–Crippen LogP) is 2.74. The lowest BCUT2D eigenvalue weighted by molar-refractivity contribution is -0.384. The summed E-state index contributed by atoms with van der Waals surface area (Å²) in [7, 11) is 0. The van der Waals surface area contributed by atoms with Crippen molar-refractivity contribution in [3.63, 3.8) is 0 Å². The molecule has 0 aliphatic carbocycles. The van der Waals surface area contributed by atoms with Crippen molar-refractivity contribution in [1.29, 1.82) is 0 Å². The average molecular weight is 294 g/mol. The number of carbonyl (C=O) groups excluding carboxylic acids is 1. The molecular formula is C14H18N2O5. The molecule has 21 heavy (non-hydrogen) atoms. The molecule has 1 heterocycles. The average Bonchev–Trinajstić information content (AvgIpc) is 2.46. The van der Waals surface area contributed by atoms with E-state index in [9.17, 15) is 14.9 Å². The van der Waals surface area contributed by atoms with Crippen LogP contribution in [0.25, 0.3) is 0 Å². The predicted molar refractivity (Wildman–Crippen MR) is 76.8 cm³/mol. The Kier molecular flexibility index (Phi) is 4.62. The Balaban J connectivity index is 2.28. The van der Waals surface area contributed by atoms with Crippen LogP contribution in [0.4, 0.5) is 11.4 Å². The topological polar surface area (TPSA) is 90.7 Å². The number of nitrogens with one attached hydrogen (secondary N) is 1. The Morgan fingerprint density at radius 2 is 2.00 bits per heavy atom. The molecule has 1 amide bonds. The fraction of sp³-hybridized carbons (Fsp3) is 0.500. The smallest absolute Gasteiger partial charge is 0.296 e. The van der Waals surface area contributed by atoms with Crippen molar-refractivity contribution in [2.24, 2.45) is 5.92 Å². The van der Waals surface area contributed by atoms with Crippen LogP contribution in [0.1, 0.15) is 26.7 Å². The summed E-state index contributed by atoms with van der Waals surface area (Å²) in [6.45, 7) is 4.51. The highest BCUT2D eigenvalue weighted by molar-refractivity contribution is 5.95. The van der Waals surface area contributed by atoms with E-state index in [4.69, 9.17) is 9.47 Å². The summed E-state index contributed by atoms with van der Waals surface area (Å²) in [5.41, 5.74) is -0.0616. The summed E-state index contributed by atoms with van der Waals surface area (Å²) < 4.78 is 10.7. The second kappa shape index (κ2) is 6.43. The molecule has 0 saturated carbocycles. The maximum atomic E-state index is 12.0. The minimum atomic E-state index is -0.543. The van der Waals surface area contributed by atoms with Gasteiger partial charge in [-0.2, -0.15) is 0 Å². The van der Waals surface area contributed by atoms with E-state index in [0.29, 0.717) is 24.7 Å². The quantitative estimate of drug-likeness (QED) is 0.666. The highest BCUT2D eigenvalue weighted by Crippen LogP contribution is 2.39. The van der Waals surface area contributed by atoms with Gasteiger partial charge in [-0.1, -0.05) is 20.3 Å². The maximum absolute atomic E-state index is 12.0. The number of anilines is 1. The van der Waals surface area contributed by atoms with Crippen LogP contribution >= 0.6 is 0 Å². The summed E-state index contributed by atoms with van der Waals surface area (Å²) in [5.74, 6) is 0.289. The second-order valence-electron chi connectivity index (χ2n) is 4.95. The third kappa shape index (κ3) is 3.42. The number of hydrogen-bond acceptors (Lipinski definition) is 5. The lowest BCUT2D eigenvalue weighted by Crippen LogP contribution is -2.21. The number of ether oxygens (including phenoxy) is 2. The van der Waals surface area contributed by atoms with Crippen LogP contribution in [0.3, 0.4) is 0 Å². The summed E-state index contributed by atoms with van der Waals surface area (Å²) >= 11 is 0. The number of hydrogen-bond donors (Lipinski definition) is 1. The number of carbonyl (C=O) groups is 1. The fourth-order valence-electron chi connectivity index (χ4n) is 2.15. The van der Waals surface area contributed by atoms with Gasteiger partial charge in [-0.3, -0.25) is 14.9 Å². The lowest BCUT2D eigenvalue weighted by atomic mass is 10.1. The monoisotopic (exact) mass is 294 g/mol. The number of nitrogens with zero attached hydrogens (tertiary/aromatic N) is 1. The molecule has 0 spiro atoms. The van der Waals surface area contributed by atoms with E-state index in [0.717, 1.165) is 12.8 Å². The number of rotatable bonds is 5. The SMILES string of the molecule is CCCC(C)C(=O)Nc1cc2c(cc1[N+](=O)[O-])OCCO2. The molecule has 0 radical (unpaired) electrons. The molecule has 1 aromatic carbocycles. The Morgan fingerprint density at radius 3 is 2.57 bits per heavy atom. The van der Waals surface area contributed by atoms with Gasteiger partial charge in [0.1, 0.15) is 18.9 Å². The van der Waals surface area contributed by atoms with Gasteiger partial charge in [-0.25, -0.2) is 0 Å². The first-order valence-electron chi connectivity index (χ1n) is 6.91. The lowest BCUT2D eigenvalue weighted by Gasteiger charge is -2.19. The normalized spacial score (nSPS) is 14.4. The molecular weight excluding hydrogens is 276 g/mol. The van der Waals surface area contributed by atoms with Gasteiger partial charge < -0.3 is 14.8 Å². The first-order chi connectivity index (χ1) is 10.0. The van der Waals surface area contributed by atoms with Crippen LogP contribution in [0.15, 0.2) is 12.1 Å². The van der Waals surface area contributed by atoms with Gasteiger partial charge in [0.05, 0.1) is 11.0 Å². The largest absolute Gasteiger partial charge is 0.486 e. The number of benzene rings is 1. The molecule has 1 unspecified atom stereocenters. The van der Waals surface area contributed by atoms with E-state index in [1.807, 2.05) is 6.92 Å². The van der Waals surface area contributed by atoms with Gasteiger partial charge in [0.15, 0.2) is 11.5 Å². The molecule has 0 bridgehead atoms. The van der Waals surface area contributed by atoms with Crippen molar-refractivity contribution in [2.75, 3.05) is 18.5 Å². The Bertz CT molecular complexity index is 559. The van der Waals surface area contributed by atoms with Crippen LogP contribution in [-0.4, -0.2) is 24.0 Å². The molecule has 114 valence electrons. The summed E-state index contributed by atoms with van der Waals surface area (Å²) in [5, 5.41) is 13.8. The zero-order valence-corrected chi connectivity index (χ0v) is 12.0. The molecule has 1 atom stereocenters. The number of nitro groups is 1. The number of amides is 1. The van der Waals surface area contributed by atoms with E-state index >= 15 is 0 Å². The van der Waals surface area contributed by atoms with Crippen LogP contribution < -0.4 is 14.8 Å². The summed E-state index contributed by atoms with van der Waals surface area (Å²) in [4.78, 5) is 22.6. The van der Waals surface area contributed by atoms with Crippen molar-refractivity contribution in [1.82, 2.24) is 0 Å². The zero-order chi connectivity index (χ0) is 15.4. The minimum Gasteiger partial charge on any atom is -0.486 e. The van der Waals surface area contributed by atoms with Crippen LogP contribution in [0, 0.1) is 16.0 Å². The maximum Gasteiger partial charge on any atom is 0.296 e. The molecule has 1 aromatic rings. The third-order valence-electron chi connectivity index (χ3n) is 3.28. The van der Waals surface area contributed by atoms with Crippen molar-refractivity contribution < 1.29 is 19.2 Å². The number of nitro benzene ring substituents is 1. The van der Waals surface area contributed by atoms with E-state index in [-0.39, 0.29) is 23.2 Å². The van der Waals surface area contributed by atoms with Crippen molar-refractivity contribution in [2.45, 2.75) is 26.7 Å². The minimum absolute atomic E-state index is 0.136. The van der Waals surface area contributed by atoms with Crippen molar-refractivity contribution in [3.8, 4) is 11.5 Å². The van der Waals surface area contributed by atoms with Gasteiger partial charge in [-0.15, -0.1) is 0 Å². The Morgan fingerprint density at radius 1 is 1.38 bits per heavy atom. The summed E-state index contributed by atoms with van der Waals surface area (Å²) in [6.07, 6.45) is 1.60. The Labute approximate surface area is 122 Å². The van der Waals surface area contributed by atoms with E-state index in [1.54, 1.807) is 6.92 Å². The molecule has 0 fully saturated rings. The molecule has 7 nitrogen and oxygen atoms in total. The van der Waals surface area contributed by atoms with Gasteiger partial charge in [0.2, 0.25) is 5.91 Å². The first kappa shape index (κ1) is 15.1. The van der Waals surface area contributed by atoms with Gasteiger partial charge in [0.25, 0.3) is 5.69 Å². The molecule has 1 aliphatic rings. The molecule has 1 aliphatic heterocycles. The molecule has 0 aromatic heterocycles. The third-order valence-corrected chi connectivity index (χ3v) is 3.28. The van der Waals surface area contributed by atoms with Crippen molar-refractivity contribution >= 4 is 17.3 Å². The van der Waals surface area contributed by atoms with Gasteiger partial charge in [0, 0.05) is 12.0 Å². The van der Waals surface area contributed by atoms with Gasteiger partial charge >= 0.3 is 0 Å². The molecule has 7 heteroatoms. The zero-order valence-electron chi connectivity index (χ0n) is 12.0. The molecule has 2 rings (SSSR count). The van der Waals surface area contributed by atoms with Crippen molar-refractivity contribution in [3.05, 3.63) is 22.2 Å². The van der Waals surface area contributed by atoms with Crippen LogP contribution in [0.2, 0.25) is 0 Å². The molecule has 0 saturated heterocycles. The fourth-order valence-corrected chi connectivity index (χ4v) is 2.15. The van der Waals surface area contributed by atoms with E-state index < -0.39 is 4.92 Å².